The van der Waals surface area contributed by atoms with Crippen molar-refractivity contribution in [2.45, 2.75) is 32.9 Å². The van der Waals surface area contributed by atoms with Gasteiger partial charge in [-0.25, -0.2) is 4.98 Å². The zero-order chi connectivity index (χ0) is 14.5. The van der Waals surface area contributed by atoms with Crippen molar-refractivity contribution in [3.8, 4) is 5.75 Å². The topological polar surface area (TPSA) is 67.0 Å². The summed E-state index contributed by atoms with van der Waals surface area (Å²) >= 11 is 0. The summed E-state index contributed by atoms with van der Waals surface area (Å²) in [4.78, 5) is 19.1. The second-order valence-corrected chi connectivity index (χ2v) is 4.78. The number of H-pyrrole nitrogens is 1. The zero-order valence-corrected chi connectivity index (χ0v) is 11.9. The number of aromatic nitrogens is 2. The van der Waals surface area contributed by atoms with E-state index in [4.69, 9.17) is 4.74 Å². The first-order chi connectivity index (χ1) is 9.56. The third-order valence-corrected chi connectivity index (χ3v) is 2.96. The Labute approximate surface area is 118 Å². The number of rotatable bonds is 5. The molecule has 1 amide bonds. The molecule has 1 aromatic carbocycles. The van der Waals surface area contributed by atoms with E-state index in [0.29, 0.717) is 5.75 Å². The Bertz CT molecular complexity index is 566. The fourth-order valence-electron chi connectivity index (χ4n) is 1.86. The van der Waals surface area contributed by atoms with Gasteiger partial charge < -0.3 is 15.0 Å². The highest BCUT2D eigenvalue weighted by Crippen LogP contribution is 2.14. The van der Waals surface area contributed by atoms with Crippen LogP contribution in [0.1, 0.15) is 31.3 Å². The summed E-state index contributed by atoms with van der Waals surface area (Å²) in [5.41, 5.74) is 1.10. The molecule has 2 N–H and O–H groups in total. The van der Waals surface area contributed by atoms with E-state index in [1.165, 1.54) is 0 Å². The molecule has 0 spiro atoms. The number of amides is 1. The molecule has 5 nitrogen and oxygen atoms in total. The molecule has 0 saturated heterocycles. The van der Waals surface area contributed by atoms with Gasteiger partial charge in [0, 0.05) is 12.4 Å². The fraction of sp³-hybridized carbons (Fsp3) is 0.333. The van der Waals surface area contributed by atoms with E-state index >= 15 is 0 Å². The molecular formula is C15H19N3O2. The Morgan fingerprint density at radius 3 is 2.85 bits per heavy atom. The van der Waals surface area contributed by atoms with Gasteiger partial charge >= 0.3 is 0 Å². The molecule has 1 heterocycles. The number of hydrogen-bond acceptors (Lipinski definition) is 3. The number of aryl methyl sites for hydroxylation is 1. The lowest BCUT2D eigenvalue weighted by Crippen LogP contribution is -2.38. The van der Waals surface area contributed by atoms with E-state index in [0.717, 1.165) is 11.4 Å². The van der Waals surface area contributed by atoms with Gasteiger partial charge in [-0.2, -0.15) is 0 Å². The molecule has 0 aliphatic rings. The summed E-state index contributed by atoms with van der Waals surface area (Å²) in [6.45, 7) is 5.58. The van der Waals surface area contributed by atoms with E-state index in [-0.39, 0.29) is 11.9 Å². The van der Waals surface area contributed by atoms with Crippen LogP contribution < -0.4 is 10.1 Å². The number of aromatic amines is 1. The molecule has 0 bridgehead atoms. The Morgan fingerprint density at radius 1 is 1.40 bits per heavy atom. The van der Waals surface area contributed by atoms with Gasteiger partial charge in [0.2, 0.25) is 0 Å². The number of carbonyl (C=O) groups excluding carboxylic acids is 1. The van der Waals surface area contributed by atoms with Gasteiger partial charge in [0.1, 0.15) is 11.6 Å². The molecule has 0 aliphatic heterocycles. The number of nitrogens with one attached hydrogen (secondary N) is 2. The average Bonchev–Trinajstić information content (AvgIpc) is 2.92. The van der Waals surface area contributed by atoms with Crippen molar-refractivity contribution in [3.63, 3.8) is 0 Å². The lowest BCUT2D eigenvalue weighted by molar-refractivity contribution is -0.128. The van der Waals surface area contributed by atoms with Gasteiger partial charge in [-0.15, -0.1) is 0 Å². The quantitative estimate of drug-likeness (QED) is 0.878. The number of ether oxygens (including phenoxy) is 1. The predicted molar refractivity (Wildman–Crippen MR) is 76.4 cm³/mol. The van der Waals surface area contributed by atoms with Crippen molar-refractivity contribution >= 4 is 5.91 Å². The number of hydrogen-bond donors (Lipinski definition) is 2. The largest absolute Gasteiger partial charge is 0.481 e. The molecule has 5 heteroatoms. The maximum absolute atomic E-state index is 12.1. The van der Waals surface area contributed by atoms with Crippen LogP contribution in [0.15, 0.2) is 36.7 Å². The van der Waals surface area contributed by atoms with E-state index in [1.54, 1.807) is 19.3 Å². The van der Waals surface area contributed by atoms with E-state index in [2.05, 4.69) is 15.3 Å². The Balaban J connectivity index is 1.92. The second kappa shape index (κ2) is 6.23. The highest BCUT2D eigenvalue weighted by molar-refractivity contribution is 5.81. The summed E-state index contributed by atoms with van der Waals surface area (Å²) in [6.07, 6.45) is 2.82. The molecule has 2 rings (SSSR count). The smallest absolute Gasteiger partial charge is 0.261 e. The molecule has 2 atom stereocenters. The van der Waals surface area contributed by atoms with Crippen LogP contribution in [0.5, 0.6) is 5.75 Å². The summed E-state index contributed by atoms with van der Waals surface area (Å²) in [7, 11) is 0. The van der Waals surface area contributed by atoms with Crippen molar-refractivity contribution in [2.24, 2.45) is 0 Å². The van der Waals surface area contributed by atoms with Gasteiger partial charge in [0.05, 0.1) is 6.04 Å². The monoisotopic (exact) mass is 273 g/mol. The van der Waals surface area contributed by atoms with E-state index < -0.39 is 6.10 Å². The molecule has 1 aromatic heterocycles. The highest BCUT2D eigenvalue weighted by atomic mass is 16.5. The van der Waals surface area contributed by atoms with Gasteiger partial charge in [-0.3, -0.25) is 4.79 Å². The predicted octanol–water partition coefficient (Wildman–Crippen LogP) is 2.36. The summed E-state index contributed by atoms with van der Waals surface area (Å²) in [6, 6.07) is 7.45. The summed E-state index contributed by atoms with van der Waals surface area (Å²) in [5, 5.41) is 2.86. The Kier molecular flexibility index (Phi) is 4.40. The van der Waals surface area contributed by atoms with Crippen molar-refractivity contribution in [2.75, 3.05) is 0 Å². The normalized spacial score (nSPS) is 13.6. The number of imidazole rings is 1. The van der Waals surface area contributed by atoms with Gasteiger partial charge in [0.15, 0.2) is 6.10 Å². The molecule has 0 saturated carbocycles. The highest BCUT2D eigenvalue weighted by Gasteiger charge is 2.18. The average molecular weight is 273 g/mol. The SMILES string of the molecule is Cc1cccc(OC(C)C(=O)NC(C)c2ncc[nH]2)c1. The third-order valence-electron chi connectivity index (χ3n) is 2.96. The molecule has 0 fully saturated rings. The molecule has 0 radical (unpaired) electrons. The number of benzene rings is 1. The van der Waals surface area contributed by atoms with Crippen LogP contribution in [0.4, 0.5) is 0 Å². The second-order valence-electron chi connectivity index (χ2n) is 4.78. The first kappa shape index (κ1) is 14.1. The summed E-state index contributed by atoms with van der Waals surface area (Å²) < 4.78 is 5.63. The van der Waals surface area contributed by atoms with Crippen molar-refractivity contribution in [3.05, 3.63) is 48.0 Å². The van der Waals surface area contributed by atoms with Crippen LogP contribution in [0, 0.1) is 6.92 Å². The van der Waals surface area contributed by atoms with Crippen molar-refractivity contribution in [1.29, 1.82) is 0 Å². The van der Waals surface area contributed by atoms with Gasteiger partial charge in [-0.1, -0.05) is 12.1 Å². The fourth-order valence-corrected chi connectivity index (χ4v) is 1.86. The van der Waals surface area contributed by atoms with Crippen LogP contribution in [0.2, 0.25) is 0 Å². The van der Waals surface area contributed by atoms with Gasteiger partial charge in [0.25, 0.3) is 5.91 Å². The molecule has 2 unspecified atom stereocenters. The molecule has 0 aliphatic carbocycles. The summed E-state index contributed by atoms with van der Waals surface area (Å²) in [5.74, 6) is 1.25. The lowest BCUT2D eigenvalue weighted by atomic mass is 10.2. The zero-order valence-electron chi connectivity index (χ0n) is 11.9. The maximum atomic E-state index is 12.1. The van der Waals surface area contributed by atoms with Crippen LogP contribution in [-0.2, 0) is 4.79 Å². The van der Waals surface area contributed by atoms with Crippen LogP contribution in [-0.4, -0.2) is 22.0 Å². The molecular weight excluding hydrogens is 254 g/mol. The van der Waals surface area contributed by atoms with Crippen molar-refractivity contribution < 1.29 is 9.53 Å². The first-order valence-corrected chi connectivity index (χ1v) is 6.59. The Hall–Kier alpha value is -2.30. The van der Waals surface area contributed by atoms with Crippen LogP contribution in [0.3, 0.4) is 0 Å². The maximum Gasteiger partial charge on any atom is 0.261 e. The minimum Gasteiger partial charge on any atom is -0.481 e. The van der Waals surface area contributed by atoms with Gasteiger partial charge in [-0.05, 0) is 38.5 Å². The minimum atomic E-state index is -0.561. The standard InChI is InChI=1S/C15H19N3O2/c1-10-5-4-6-13(9-10)20-12(3)15(19)18-11(2)14-16-7-8-17-14/h4-9,11-12H,1-3H3,(H,16,17)(H,18,19). The van der Waals surface area contributed by atoms with E-state index in [1.807, 2.05) is 38.1 Å². The molecule has 20 heavy (non-hydrogen) atoms. The third kappa shape index (κ3) is 3.60. The lowest BCUT2D eigenvalue weighted by Gasteiger charge is -2.17. The van der Waals surface area contributed by atoms with Crippen LogP contribution in [0.25, 0.3) is 0 Å². The number of carbonyl (C=O) groups is 1. The van der Waals surface area contributed by atoms with Crippen LogP contribution >= 0.6 is 0 Å². The first-order valence-electron chi connectivity index (χ1n) is 6.59. The minimum absolute atomic E-state index is 0.171. The van der Waals surface area contributed by atoms with E-state index in [9.17, 15) is 4.79 Å². The molecule has 2 aromatic rings. The van der Waals surface area contributed by atoms with Crippen molar-refractivity contribution in [1.82, 2.24) is 15.3 Å². The number of nitrogens with zero attached hydrogens (tertiary/aromatic N) is 1. The Morgan fingerprint density at radius 2 is 2.20 bits per heavy atom. The molecule has 106 valence electrons.